The van der Waals surface area contributed by atoms with Gasteiger partial charge in [-0.15, -0.1) is 6.58 Å². The number of methoxy groups -OCH3 is 1. The molecule has 0 aliphatic carbocycles. The Morgan fingerprint density at radius 1 is 1.03 bits per heavy atom. The minimum Gasteiger partial charge on any atom is -0.493 e. The number of anilines is 1. The normalized spacial score (nSPS) is 14.5. The quantitative estimate of drug-likeness (QED) is 0.224. The van der Waals surface area contributed by atoms with E-state index in [0.717, 1.165) is 22.9 Å². The summed E-state index contributed by atoms with van der Waals surface area (Å²) < 4.78 is 11.7. The predicted octanol–water partition coefficient (Wildman–Crippen LogP) is 7.55. The van der Waals surface area contributed by atoms with Crippen LogP contribution in [0.4, 0.5) is 10.5 Å². The fourth-order valence-corrected chi connectivity index (χ4v) is 4.90. The summed E-state index contributed by atoms with van der Waals surface area (Å²) in [7, 11) is 1.54. The van der Waals surface area contributed by atoms with Crippen LogP contribution in [0, 0.1) is 0 Å². The maximum absolute atomic E-state index is 13.0. The first-order valence-corrected chi connectivity index (χ1v) is 12.2. The molecule has 1 fully saturated rings. The van der Waals surface area contributed by atoms with Crippen LogP contribution >= 0.6 is 35.0 Å². The van der Waals surface area contributed by atoms with Crippen LogP contribution in [-0.4, -0.2) is 18.3 Å². The Bertz CT molecular complexity index is 1320. The fraction of sp³-hybridized carbons (Fsp3) is 0.111. The van der Waals surface area contributed by atoms with Gasteiger partial charge in [0.2, 0.25) is 0 Å². The molecule has 5 nitrogen and oxygen atoms in total. The summed E-state index contributed by atoms with van der Waals surface area (Å²) in [5.41, 5.74) is 2.83. The van der Waals surface area contributed by atoms with Crippen molar-refractivity contribution in [2.75, 3.05) is 12.0 Å². The summed E-state index contributed by atoms with van der Waals surface area (Å²) in [4.78, 5) is 27.0. The Balaban J connectivity index is 1.64. The molecule has 3 aromatic rings. The lowest BCUT2D eigenvalue weighted by Crippen LogP contribution is -2.27. The van der Waals surface area contributed by atoms with Gasteiger partial charge in [-0.2, -0.15) is 0 Å². The SMILES string of the molecule is C=CCc1cc(/C=C2\SC(=O)N(c3ccccc3)C2=O)cc(OC)c1OCc1ccc(Cl)cc1Cl. The monoisotopic (exact) mass is 525 g/mol. The number of carbonyl (C=O) groups is 2. The number of nitrogens with zero attached hydrogens (tertiary/aromatic N) is 1. The smallest absolute Gasteiger partial charge is 0.298 e. The molecule has 8 heteroatoms. The Labute approximate surface area is 217 Å². The second-order valence-corrected chi connectivity index (χ2v) is 9.42. The third-order valence-corrected chi connectivity index (χ3v) is 6.69. The van der Waals surface area contributed by atoms with E-state index >= 15 is 0 Å². The number of para-hydroxylation sites is 1. The molecule has 178 valence electrons. The van der Waals surface area contributed by atoms with Gasteiger partial charge in [0.25, 0.3) is 11.1 Å². The highest BCUT2D eigenvalue weighted by atomic mass is 35.5. The highest BCUT2D eigenvalue weighted by molar-refractivity contribution is 8.19. The molecular weight excluding hydrogens is 505 g/mol. The minimum atomic E-state index is -0.367. The van der Waals surface area contributed by atoms with Gasteiger partial charge >= 0.3 is 0 Å². The van der Waals surface area contributed by atoms with Gasteiger partial charge < -0.3 is 9.47 Å². The lowest BCUT2D eigenvalue weighted by Gasteiger charge is -2.16. The van der Waals surface area contributed by atoms with Crippen molar-refractivity contribution in [1.29, 1.82) is 0 Å². The Kier molecular flexibility index (Phi) is 7.86. The summed E-state index contributed by atoms with van der Waals surface area (Å²) in [6, 6.07) is 17.7. The van der Waals surface area contributed by atoms with Crippen molar-refractivity contribution < 1.29 is 19.1 Å². The summed E-state index contributed by atoms with van der Waals surface area (Å²) in [6.45, 7) is 4.05. The molecule has 35 heavy (non-hydrogen) atoms. The molecule has 4 rings (SSSR count). The van der Waals surface area contributed by atoms with E-state index in [0.29, 0.717) is 44.1 Å². The number of carbonyl (C=O) groups excluding carboxylic acids is 2. The third-order valence-electron chi connectivity index (χ3n) is 5.23. The topological polar surface area (TPSA) is 55.8 Å². The third kappa shape index (κ3) is 5.56. The second kappa shape index (κ2) is 11.0. The molecule has 3 aromatic carbocycles. The van der Waals surface area contributed by atoms with Crippen LogP contribution in [0.5, 0.6) is 11.5 Å². The molecule has 0 bridgehead atoms. The van der Waals surface area contributed by atoms with E-state index in [-0.39, 0.29) is 17.8 Å². The minimum absolute atomic E-state index is 0.214. The maximum atomic E-state index is 13.0. The number of benzene rings is 3. The molecule has 0 spiro atoms. The molecule has 1 aliphatic rings. The molecule has 0 radical (unpaired) electrons. The summed E-state index contributed by atoms with van der Waals surface area (Å²) in [5.74, 6) is 0.670. The van der Waals surface area contributed by atoms with Crippen molar-refractivity contribution in [1.82, 2.24) is 0 Å². The van der Waals surface area contributed by atoms with Crippen molar-refractivity contribution in [2.24, 2.45) is 0 Å². The predicted molar refractivity (Wildman–Crippen MR) is 143 cm³/mol. The van der Waals surface area contributed by atoms with E-state index in [9.17, 15) is 9.59 Å². The molecule has 0 N–H and O–H groups in total. The first-order chi connectivity index (χ1) is 16.9. The van der Waals surface area contributed by atoms with E-state index in [4.69, 9.17) is 32.7 Å². The molecule has 0 atom stereocenters. The van der Waals surface area contributed by atoms with Crippen molar-refractivity contribution in [3.63, 3.8) is 0 Å². The number of allylic oxidation sites excluding steroid dienone is 1. The first-order valence-electron chi connectivity index (χ1n) is 10.6. The van der Waals surface area contributed by atoms with Gasteiger partial charge in [0.05, 0.1) is 17.7 Å². The van der Waals surface area contributed by atoms with Gasteiger partial charge in [-0.1, -0.05) is 53.5 Å². The van der Waals surface area contributed by atoms with Crippen LogP contribution in [-0.2, 0) is 17.8 Å². The number of hydrogen-bond donors (Lipinski definition) is 0. The van der Waals surface area contributed by atoms with Crippen LogP contribution in [0.1, 0.15) is 16.7 Å². The number of rotatable bonds is 8. The molecular formula is C27H21Cl2NO4S. The molecule has 1 heterocycles. The zero-order chi connectivity index (χ0) is 24.9. The molecule has 1 saturated heterocycles. The average molecular weight is 526 g/mol. The Morgan fingerprint density at radius 2 is 1.80 bits per heavy atom. The van der Waals surface area contributed by atoms with Crippen molar-refractivity contribution in [3.05, 3.63) is 105 Å². The number of imide groups is 1. The van der Waals surface area contributed by atoms with E-state index in [2.05, 4.69) is 6.58 Å². The van der Waals surface area contributed by atoms with Crippen LogP contribution in [0.3, 0.4) is 0 Å². The highest BCUT2D eigenvalue weighted by Gasteiger charge is 2.36. The van der Waals surface area contributed by atoms with Crippen LogP contribution in [0.15, 0.2) is 78.2 Å². The van der Waals surface area contributed by atoms with Gasteiger partial charge in [0.15, 0.2) is 11.5 Å². The zero-order valence-corrected chi connectivity index (χ0v) is 21.1. The van der Waals surface area contributed by atoms with Crippen LogP contribution in [0.2, 0.25) is 10.0 Å². The van der Waals surface area contributed by atoms with Crippen LogP contribution < -0.4 is 14.4 Å². The zero-order valence-electron chi connectivity index (χ0n) is 18.8. The average Bonchev–Trinajstić information content (AvgIpc) is 3.12. The number of ether oxygens (including phenoxy) is 2. The first kappa shape index (κ1) is 24.9. The van der Waals surface area contributed by atoms with Crippen molar-refractivity contribution in [2.45, 2.75) is 13.0 Å². The lowest BCUT2D eigenvalue weighted by atomic mass is 10.0. The number of amides is 2. The number of halogens is 2. The number of thioether (sulfide) groups is 1. The van der Waals surface area contributed by atoms with E-state index in [1.165, 1.54) is 4.90 Å². The summed E-state index contributed by atoms with van der Waals surface area (Å²) in [5, 5.41) is 0.711. The van der Waals surface area contributed by atoms with Crippen molar-refractivity contribution >= 4 is 57.9 Å². The van der Waals surface area contributed by atoms with E-state index in [1.807, 2.05) is 18.2 Å². The molecule has 0 aromatic heterocycles. The number of hydrogen-bond acceptors (Lipinski definition) is 5. The largest absolute Gasteiger partial charge is 0.493 e. The van der Waals surface area contributed by atoms with Gasteiger partial charge in [-0.25, -0.2) is 4.90 Å². The fourth-order valence-electron chi connectivity index (χ4n) is 3.60. The van der Waals surface area contributed by atoms with Gasteiger partial charge in [0, 0.05) is 21.2 Å². The standard InChI is InChI=1S/C27H21Cl2NO4S/c1-3-7-18-12-17(14-24-26(31)30(27(32)35-24)21-8-5-4-6-9-21)13-23(33-2)25(18)34-16-19-10-11-20(28)15-22(19)29/h3-6,8-15H,1,7,16H2,2H3/b24-14-. The molecule has 2 amide bonds. The summed E-state index contributed by atoms with van der Waals surface area (Å²) >= 11 is 13.2. The Morgan fingerprint density at radius 3 is 2.49 bits per heavy atom. The van der Waals surface area contributed by atoms with E-state index in [1.54, 1.807) is 61.7 Å². The Hall–Kier alpha value is -3.19. The van der Waals surface area contributed by atoms with Gasteiger partial charge in [-0.05, 0) is 66.2 Å². The molecule has 0 unspecified atom stereocenters. The molecule has 1 aliphatic heterocycles. The van der Waals surface area contributed by atoms with Gasteiger partial charge in [-0.3, -0.25) is 9.59 Å². The maximum Gasteiger partial charge on any atom is 0.298 e. The highest BCUT2D eigenvalue weighted by Crippen LogP contribution is 2.39. The van der Waals surface area contributed by atoms with Gasteiger partial charge in [0.1, 0.15) is 6.61 Å². The second-order valence-electron chi connectivity index (χ2n) is 7.58. The van der Waals surface area contributed by atoms with E-state index < -0.39 is 0 Å². The van der Waals surface area contributed by atoms with Crippen LogP contribution in [0.25, 0.3) is 6.08 Å². The van der Waals surface area contributed by atoms with Crippen molar-refractivity contribution in [3.8, 4) is 11.5 Å². The molecule has 0 saturated carbocycles. The summed E-state index contributed by atoms with van der Waals surface area (Å²) in [6.07, 6.45) is 3.94. The lowest BCUT2D eigenvalue weighted by molar-refractivity contribution is -0.113.